The summed E-state index contributed by atoms with van der Waals surface area (Å²) in [5.74, 6) is 1.69. The third kappa shape index (κ3) is 7.10. The Kier molecular flexibility index (Phi) is 8.59. The second kappa shape index (κ2) is 8.59. The van der Waals surface area contributed by atoms with Gasteiger partial charge in [-0.1, -0.05) is 72.6 Å². The zero-order valence-corrected chi connectivity index (χ0v) is 9.81. The first-order valence-corrected chi connectivity index (χ1v) is 6.01. The van der Waals surface area contributed by atoms with E-state index in [-0.39, 0.29) is 0 Å². The maximum absolute atomic E-state index is 3.96. The van der Waals surface area contributed by atoms with Gasteiger partial charge in [0.15, 0.2) is 0 Å². The van der Waals surface area contributed by atoms with Gasteiger partial charge in [0.05, 0.1) is 0 Å². The van der Waals surface area contributed by atoms with Crippen LogP contribution in [0.1, 0.15) is 65.7 Å². The average Bonchev–Trinajstić information content (AvgIpc) is 2.16. The molecule has 0 nitrogen and oxygen atoms in total. The van der Waals surface area contributed by atoms with E-state index in [4.69, 9.17) is 0 Å². The summed E-state index contributed by atoms with van der Waals surface area (Å²) >= 11 is 0. The minimum Gasteiger partial charge on any atom is -0.0654 e. The molecule has 0 bridgehead atoms. The van der Waals surface area contributed by atoms with Crippen LogP contribution < -0.4 is 0 Å². The van der Waals surface area contributed by atoms with Crippen molar-refractivity contribution in [3.63, 3.8) is 0 Å². The van der Waals surface area contributed by atoms with Crippen molar-refractivity contribution in [1.82, 2.24) is 0 Å². The second-order valence-corrected chi connectivity index (χ2v) is 4.45. The molecular weight excluding hydrogens is 156 g/mol. The number of hydrogen-bond acceptors (Lipinski definition) is 0. The predicted molar refractivity (Wildman–Crippen MR) is 61.7 cm³/mol. The van der Waals surface area contributed by atoms with Gasteiger partial charge in [-0.15, -0.1) is 0 Å². The lowest BCUT2D eigenvalue weighted by Gasteiger charge is -2.17. The smallest absolute Gasteiger partial charge is 0.0417 e. The van der Waals surface area contributed by atoms with Crippen LogP contribution in [-0.2, 0) is 0 Å². The van der Waals surface area contributed by atoms with E-state index < -0.39 is 0 Å². The van der Waals surface area contributed by atoms with Crippen LogP contribution in [0.2, 0.25) is 0 Å². The van der Waals surface area contributed by atoms with Gasteiger partial charge in [0, 0.05) is 0 Å². The lowest BCUT2D eigenvalue weighted by Crippen LogP contribution is -2.06. The summed E-state index contributed by atoms with van der Waals surface area (Å²) in [4.78, 5) is 0. The van der Waals surface area contributed by atoms with Crippen LogP contribution in [0.3, 0.4) is 0 Å². The Balaban J connectivity index is 3.21. The highest BCUT2D eigenvalue weighted by molar-refractivity contribution is 4.63. The van der Waals surface area contributed by atoms with Crippen molar-refractivity contribution < 1.29 is 0 Å². The third-order valence-corrected chi connectivity index (χ3v) is 3.19. The highest BCUT2D eigenvalue weighted by Gasteiger charge is 2.08. The van der Waals surface area contributed by atoms with E-state index in [0.717, 1.165) is 18.3 Å². The van der Waals surface area contributed by atoms with Crippen molar-refractivity contribution >= 4 is 0 Å². The second-order valence-electron chi connectivity index (χ2n) is 4.45. The summed E-state index contributed by atoms with van der Waals surface area (Å²) in [5, 5.41) is 0. The van der Waals surface area contributed by atoms with Crippen LogP contribution in [-0.4, -0.2) is 0 Å². The molecule has 0 aliphatic carbocycles. The van der Waals surface area contributed by atoms with Crippen molar-refractivity contribution in [2.24, 2.45) is 11.8 Å². The molecule has 13 heavy (non-hydrogen) atoms. The van der Waals surface area contributed by atoms with Gasteiger partial charge in [-0.25, -0.2) is 0 Å². The predicted octanol–water partition coefficient (Wildman–Crippen LogP) is 4.84. The van der Waals surface area contributed by atoms with E-state index in [0.29, 0.717) is 0 Å². The molecule has 0 aromatic heterocycles. The van der Waals surface area contributed by atoms with Crippen molar-refractivity contribution in [3.05, 3.63) is 6.92 Å². The van der Waals surface area contributed by atoms with E-state index in [1.54, 1.807) is 0 Å². The van der Waals surface area contributed by atoms with Crippen LogP contribution >= 0.6 is 0 Å². The van der Waals surface area contributed by atoms with Gasteiger partial charge in [0.1, 0.15) is 0 Å². The molecule has 0 aromatic carbocycles. The molecule has 0 heterocycles. The average molecular weight is 183 g/mol. The normalized spacial score (nSPS) is 15.7. The van der Waals surface area contributed by atoms with Crippen molar-refractivity contribution in [1.29, 1.82) is 0 Å². The minimum absolute atomic E-state index is 0.811. The zero-order chi connectivity index (χ0) is 10.1. The molecule has 0 N–H and O–H groups in total. The zero-order valence-electron chi connectivity index (χ0n) is 9.81. The van der Waals surface area contributed by atoms with Gasteiger partial charge < -0.3 is 0 Å². The van der Waals surface area contributed by atoms with Gasteiger partial charge >= 0.3 is 0 Å². The molecule has 1 radical (unpaired) electrons. The van der Waals surface area contributed by atoms with Gasteiger partial charge in [-0.05, 0) is 11.8 Å². The fraction of sp³-hybridized carbons (Fsp3) is 0.923. The van der Waals surface area contributed by atoms with E-state index >= 15 is 0 Å². The molecule has 0 rings (SSSR count). The summed E-state index contributed by atoms with van der Waals surface area (Å²) in [5.41, 5.74) is 0. The Morgan fingerprint density at radius 1 is 0.923 bits per heavy atom. The van der Waals surface area contributed by atoms with Crippen LogP contribution in [0.5, 0.6) is 0 Å². The summed E-state index contributed by atoms with van der Waals surface area (Å²) in [6.45, 7) is 10.9. The summed E-state index contributed by atoms with van der Waals surface area (Å²) in [6, 6.07) is 0. The topological polar surface area (TPSA) is 0 Å². The van der Waals surface area contributed by atoms with Gasteiger partial charge in [0.25, 0.3) is 0 Å². The van der Waals surface area contributed by atoms with Gasteiger partial charge in [-0.3, -0.25) is 0 Å². The number of hydrogen-bond donors (Lipinski definition) is 0. The monoisotopic (exact) mass is 183 g/mol. The Morgan fingerprint density at radius 3 is 2.08 bits per heavy atom. The number of unbranched alkanes of at least 4 members (excludes halogenated alkanes) is 4. The molecule has 0 aromatic rings. The highest BCUT2D eigenvalue weighted by Crippen LogP contribution is 2.20. The molecule has 0 heteroatoms. The largest absolute Gasteiger partial charge is 0.0654 e. The molecule has 0 aliphatic rings. The van der Waals surface area contributed by atoms with E-state index in [1.807, 2.05) is 0 Å². The molecule has 2 atom stereocenters. The van der Waals surface area contributed by atoms with Crippen LogP contribution in [0.15, 0.2) is 0 Å². The maximum atomic E-state index is 3.96. The van der Waals surface area contributed by atoms with Gasteiger partial charge in [0.2, 0.25) is 0 Å². The molecule has 0 saturated heterocycles. The first kappa shape index (κ1) is 13.0. The Hall–Kier alpha value is 0. The minimum atomic E-state index is 0.811. The summed E-state index contributed by atoms with van der Waals surface area (Å²) in [6.07, 6.45) is 9.55. The van der Waals surface area contributed by atoms with Crippen LogP contribution in [0.4, 0.5) is 0 Å². The first-order chi connectivity index (χ1) is 6.22. The summed E-state index contributed by atoms with van der Waals surface area (Å²) < 4.78 is 0. The highest BCUT2D eigenvalue weighted by atomic mass is 14.1. The molecule has 0 amide bonds. The van der Waals surface area contributed by atoms with Gasteiger partial charge in [-0.2, -0.15) is 0 Å². The Labute approximate surface area is 85.1 Å². The molecular formula is C13H27. The fourth-order valence-corrected chi connectivity index (χ4v) is 1.64. The Morgan fingerprint density at radius 2 is 1.54 bits per heavy atom. The maximum Gasteiger partial charge on any atom is -0.0417 e. The van der Waals surface area contributed by atoms with Crippen LogP contribution in [0.25, 0.3) is 0 Å². The standard InChI is InChI=1S/C13H27/c1-5-7-8-9-10-11-13(4)12(3)6-2/h12-13H,2,5-11H2,1,3-4H3. The quantitative estimate of drug-likeness (QED) is 0.472. The van der Waals surface area contributed by atoms with E-state index in [9.17, 15) is 0 Å². The fourth-order valence-electron chi connectivity index (χ4n) is 1.64. The lowest BCUT2D eigenvalue weighted by atomic mass is 9.89. The molecule has 0 spiro atoms. The number of rotatable bonds is 8. The molecule has 2 unspecified atom stereocenters. The SMILES string of the molecule is [CH2]CC(C)C(C)CCCCCCC. The Bertz CT molecular complexity index is 96.2. The van der Waals surface area contributed by atoms with Crippen molar-refractivity contribution in [2.45, 2.75) is 65.7 Å². The molecule has 0 aliphatic heterocycles. The lowest BCUT2D eigenvalue weighted by molar-refractivity contribution is 0.352. The summed E-state index contributed by atoms with van der Waals surface area (Å²) in [7, 11) is 0. The van der Waals surface area contributed by atoms with Crippen molar-refractivity contribution in [3.8, 4) is 0 Å². The molecule has 0 saturated carbocycles. The molecule has 79 valence electrons. The van der Waals surface area contributed by atoms with Crippen LogP contribution in [0, 0.1) is 18.8 Å². The van der Waals surface area contributed by atoms with E-state index in [1.165, 1.54) is 38.5 Å². The molecule has 0 fully saturated rings. The van der Waals surface area contributed by atoms with E-state index in [2.05, 4.69) is 27.7 Å². The third-order valence-electron chi connectivity index (χ3n) is 3.19. The first-order valence-electron chi connectivity index (χ1n) is 6.01. The van der Waals surface area contributed by atoms with Crippen molar-refractivity contribution in [2.75, 3.05) is 0 Å².